The number of hydrogen-bond donors (Lipinski definition) is 0. The van der Waals surface area contributed by atoms with Crippen molar-refractivity contribution >= 4 is 11.6 Å². The highest BCUT2D eigenvalue weighted by molar-refractivity contribution is 6.31. The Bertz CT molecular complexity index is 730. The first-order valence-electron chi connectivity index (χ1n) is 7.42. The second-order valence-electron chi connectivity index (χ2n) is 5.72. The van der Waals surface area contributed by atoms with E-state index in [9.17, 15) is 0 Å². The highest BCUT2D eigenvalue weighted by Crippen LogP contribution is 2.46. The van der Waals surface area contributed by atoms with E-state index >= 15 is 0 Å². The van der Waals surface area contributed by atoms with Crippen molar-refractivity contribution in [3.05, 3.63) is 40.9 Å². The lowest BCUT2D eigenvalue weighted by molar-refractivity contribution is 0.0866. The first-order valence-corrected chi connectivity index (χ1v) is 7.79. The molecule has 0 aliphatic carbocycles. The average Bonchev–Trinajstić information content (AvgIpc) is 2.97. The third kappa shape index (κ3) is 2.84. The molecule has 3 rings (SSSR count). The zero-order chi connectivity index (χ0) is 16.6. The molecule has 2 aromatic rings. The molecule has 23 heavy (non-hydrogen) atoms. The molecule has 0 spiro atoms. The molecule has 1 aliphatic heterocycles. The summed E-state index contributed by atoms with van der Waals surface area (Å²) < 4.78 is 17.1. The van der Waals surface area contributed by atoms with Crippen molar-refractivity contribution in [2.24, 2.45) is 0 Å². The van der Waals surface area contributed by atoms with Crippen LogP contribution in [0.1, 0.15) is 5.56 Å². The highest BCUT2D eigenvalue weighted by atomic mass is 35.5. The minimum atomic E-state index is 0.0128. The maximum Gasteiger partial charge on any atom is 0.168 e. The molecule has 1 heterocycles. The van der Waals surface area contributed by atoms with E-state index in [0.717, 1.165) is 28.9 Å². The first-order chi connectivity index (χ1) is 11.0. The molecular formula is C18H20ClNO3. The number of para-hydroxylation sites is 1. The SMILES string of the molecule is COc1cccc(-c2cc(Cl)cc3c2OC(N(C)C)C3)c1OC. The lowest BCUT2D eigenvalue weighted by Gasteiger charge is -2.19. The number of hydrogen-bond acceptors (Lipinski definition) is 4. The third-order valence-corrected chi connectivity index (χ3v) is 4.27. The fourth-order valence-electron chi connectivity index (χ4n) is 2.89. The predicted molar refractivity (Wildman–Crippen MR) is 91.8 cm³/mol. The zero-order valence-electron chi connectivity index (χ0n) is 13.7. The number of nitrogens with zero attached hydrogens (tertiary/aromatic N) is 1. The van der Waals surface area contributed by atoms with Crippen LogP contribution in [0.25, 0.3) is 11.1 Å². The van der Waals surface area contributed by atoms with Crippen LogP contribution >= 0.6 is 11.6 Å². The van der Waals surface area contributed by atoms with E-state index in [4.69, 9.17) is 25.8 Å². The van der Waals surface area contributed by atoms with Crippen molar-refractivity contribution in [1.29, 1.82) is 0 Å². The number of halogens is 1. The zero-order valence-corrected chi connectivity index (χ0v) is 14.5. The van der Waals surface area contributed by atoms with Crippen LogP contribution in [0, 0.1) is 0 Å². The fraction of sp³-hybridized carbons (Fsp3) is 0.333. The number of benzene rings is 2. The molecule has 0 bridgehead atoms. The van der Waals surface area contributed by atoms with Crippen LogP contribution in [0.15, 0.2) is 30.3 Å². The standard InChI is InChI=1S/C18H20ClNO3/c1-20(2)16-9-11-8-12(19)10-14(17(11)23-16)13-6-5-7-15(21-3)18(13)22-4/h5-8,10,16H,9H2,1-4H3. The van der Waals surface area contributed by atoms with Crippen LogP contribution in [0.5, 0.6) is 17.2 Å². The molecule has 122 valence electrons. The summed E-state index contributed by atoms with van der Waals surface area (Å²) in [4.78, 5) is 2.06. The lowest BCUT2D eigenvalue weighted by atomic mass is 9.99. The van der Waals surface area contributed by atoms with Gasteiger partial charge in [-0.15, -0.1) is 0 Å². The molecule has 0 aromatic heterocycles. The normalized spacial score (nSPS) is 16.2. The summed E-state index contributed by atoms with van der Waals surface area (Å²) in [6.45, 7) is 0. The van der Waals surface area contributed by atoms with Crippen LogP contribution in [-0.4, -0.2) is 39.4 Å². The summed E-state index contributed by atoms with van der Waals surface area (Å²) >= 11 is 6.33. The minimum absolute atomic E-state index is 0.0128. The molecule has 2 aromatic carbocycles. The molecule has 4 nitrogen and oxygen atoms in total. The predicted octanol–water partition coefficient (Wildman–Crippen LogP) is 3.85. The minimum Gasteiger partial charge on any atom is -0.493 e. The Morgan fingerprint density at radius 2 is 1.91 bits per heavy atom. The Balaban J connectivity index is 2.16. The molecule has 0 radical (unpaired) electrons. The van der Waals surface area contributed by atoms with Gasteiger partial charge in [-0.1, -0.05) is 23.7 Å². The quantitative estimate of drug-likeness (QED) is 0.850. The van der Waals surface area contributed by atoms with Gasteiger partial charge in [0.1, 0.15) is 5.75 Å². The number of rotatable bonds is 4. The van der Waals surface area contributed by atoms with Crippen molar-refractivity contribution in [3.8, 4) is 28.4 Å². The second kappa shape index (κ2) is 6.30. The summed E-state index contributed by atoms with van der Waals surface area (Å²) in [6, 6.07) is 9.67. The molecule has 1 aliphatic rings. The molecule has 1 unspecified atom stereocenters. The van der Waals surface area contributed by atoms with Crippen LogP contribution in [-0.2, 0) is 6.42 Å². The third-order valence-electron chi connectivity index (χ3n) is 4.05. The van der Waals surface area contributed by atoms with Crippen molar-refractivity contribution in [3.63, 3.8) is 0 Å². The Morgan fingerprint density at radius 3 is 2.57 bits per heavy atom. The largest absolute Gasteiger partial charge is 0.493 e. The van der Waals surface area contributed by atoms with Gasteiger partial charge in [0.25, 0.3) is 0 Å². The van der Waals surface area contributed by atoms with Crippen molar-refractivity contribution in [2.45, 2.75) is 12.6 Å². The molecule has 5 heteroatoms. The number of methoxy groups -OCH3 is 2. The molecule has 0 saturated carbocycles. The van der Waals surface area contributed by atoms with Gasteiger partial charge in [-0.2, -0.15) is 0 Å². The first kappa shape index (κ1) is 16.0. The number of fused-ring (bicyclic) bond motifs is 1. The van der Waals surface area contributed by atoms with E-state index in [0.29, 0.717) is 16.5 Å². The molecule has 1 atom stereocenters. The molecule has 0 N–H and O–H groups in total. The van der Waals surface area contributed by atoms with Crippen molar-refractivity contribution in [2.75, 3.05) is 28.3 Å². The van der Waals surface area contributed by atoms with Gasteiger partial charge in [0.15, 0.2) is 17.7 Å². The van der Waals surface area contributed by atoms with E-state index in [1.807, 2.05) is 44.4 Å². The highest BCUT2D eigenvalue weighted by Gasteiger charge is 2.29. The van der Waals surface area contributed by atoms with Crippen LogP contribution in [0.4, 0.5) is 0 Å². The monoisotopic (exact) mass is 333 g/mol. The summed E-state index contributed by atoms with van der Waals surface area (Å²) in [5.74, 6) is 2.22. The summed E-state index contributed by atoms with van der Waals surface area (Å²) in [5.41, 5.74) is 2.94. The van der Waals surface area contributed by atoms with E-state index in [1.165, 1.54) is 0 Å². The van der Waals surface area contributed by atoms with Crippen molar-refractivity contribution in [1.82, 2.24) is 4.90 Å². The summed E-state index contributed by atoms with van der Waals surface area (Å²) in [7, 11) is 7.27. The van der Waals surface area contributed by atoms with Crippen molar-refractivity contribution < 1.29 is 14.2 Å². The van der Waals surface area contributed by atoms with Gasteiger partial charge < -0.3 is 14.2 Å². The molecule has 0 fully saturated rings. The number of likely N-dealkylation sites (N-methyl/N-ethyl adjacent to an activating group) is 1. The summed E-state index contributed by atoms with van der Waals surface area (Å²) in [5, 5.41) is 0.687. The van der Waals surface area contributed by atoms with Gasteiger partial charge >= 0.3 is 0 Å². The van der Waals surface area contributed by atoms with Gasteiger partial charge in [-0.25, -0.2) is 0 Å². The van der Waals surface area contributed by atoms with Gasteiger partial charge in [0.05, 0.1) is 14.2 Å². The second-order valence-corrected chi connectivity index (χ2v) is 6.16. The van der Waals surface area contributed by atoms with E-state index in [1.54, 1.807) is 14.2 Å². The maximum atomic E-state index is 6.33. The van der Waals surface area contributed by atoms with E-state index < -0.39 is 0 Å². The summed E-state index contributed by atoms with van der Waals surface area (Å²) in [6.07, 6.45) is 0.821. The van der Waals surface area contributed by atoms with Crippen LogP contribution < -0.4 is 14.2 Å². The van der Waals surface area contributed by atoms with Crippen LogP contribution in [0.2, 0.25) is 5.02 Å². The van der Waals surface area contributed by atoms with E-state index in [-0.39, 0.29) is 6.23 Å². The maximum absolute atomic E-state index is 6.33. The van der Waals surface area contributed by atoms with Gasteiger partial charge in [-0.3, -0.25) is 4.90 Å². The molecule has 0 amide bonds. The molecule has 0 saturated heterocycles. The van der Waals surface area contributed by atoms with Gasteiger partial charge in [0, 0.05) is 28.1 Å². The fourth-order valence-corrected chi connectivity index (χ4v) is 3.13. The number of ether oxygens (including phenoxy) is 3. The van der Waals surface area contributed by atoms with Crippen LogP contribution in [0.3, 0.4) is 0 Å². The topological polar surface area (TPSA) is 30.9 Å². The van der Waals surface area contributed by atoms with E-state index in [2.05, 4.69) is 4.90 Å². The average molecular weight is 334 g/mol. The van der Waals surface area contributed by atoms with Gasteiger partial charge in [0.2, 0.25) is 0 Å². The Hall–Kier alpha value is -1.91. The van der Waals surface area contributed by atoms with Gasteiger partial charge in [-0.05, 0) is 32.3 Å². The Morgan fingerprint density at radius 1 is 1.13 bits per heavy atom. The smallest absolute Gasteiger partial charge is 0.168 e. The molecular weight excluding hydrogens is 314 g/mol. The Labute approximate surface area is 141 Å². The Kier molecular flexibility index (Phi) is 4.37. The lowest BCUT2D eigenvalue weighted by Crippen LogP contribution is -2.31.